The Bertz CT molecular complexity index is 855. The van der Waals surface area contributed by atoms with E-state index in [4.69, 9.17) is 22.7 Å². The van der Waals surface area contributed by atoms with E-state index in [1.54, 1.807) is 0 Å². The van der Waals surface area contributed by atoms with Crippen molar-refractivity contribution in [1.82, 2.24) is 9.97 Å². The summed E-state index contributed by atoms with van der Waals surface area (Å²) in [4.78, 5) is 17.4. The van der Waals surface area contributed by atoms with Gasteiger partial charge in [0.1, 0.15) is 16.3 Å². The molecular formula is C12H8N4O2S2. The highest BCUT2D eigenvalue weighted by Gasteiger charge is 2.33. The largest absolute Gasteiger partial charge is 0.424 e. The summed E-state index contributed by atoms with van der Waals surface area (Å²) < 4.78 is 5.56. The van der Waals surface area contributed by atoms with E-state index in [1.165, 1.54) is 11.3 Å². The maximum absolute atomic E-state index is 11.4. The summed E-state index contributed by atoms with van der Waals surface area (Å²) in [5.41, 5.74) is 6.13. The number of thiophene rings is 1. The second kappa shape index (κ2) is 4.63. The first-order valence-electron chi connectivity index (χ1n) is 5.59. The number of aromatic nitrogens is 2. The van der Waals surface area contributed by atoms with Crippen molar-refractivity contribution in [2.75, 3.05) is 0 Å². The number of ether oxygens (including phenoxy) is 1. The Balaban J connectivity index is 2.35. The van der Waals surface area contributed by atoms with E-state index < -0.39 is 11.6 Å². The normalized spacial score (nSPS) is 17.2. The summed E-state index contributed by atoms with van der Waals surface area (Å²) in [6.45, 7) is 0. The lowest BCUT2D eigenvalue weighted by Crippen LogP contribution is -2.25. The number of hydrogen-bond donors (Lipinski definition) is 3. The average molecular weight is 304 g/mol. The van der Waals surface area contributed by atoms with E-state index >= 15 is 0 Å². The van der Waals surface area contributed by atoms with Crippen LogP contribution in [0.1, 0.15) is 16.4 Å². The van der Waals surface area contributed by atoms with Gasteiger partial charge in [0.2, 0.25) is 11.8 Å². The quantitative estimate of drug-likeness (QED) is 0.695. The second-order valence-electron chi connectivity index (χ2n) is 4.09. The Hall–Kier alpha value is -2.37. The van der Waals surface area contributed by atoms with Gasteiger partial charge in [0.05, 0.1) is 11.5 Å². The molecule has 4 N–H and O–H groups in total. The van der Waals surface area contributed by atoms with Crippen molar-refractivity contribution in [2.45, 2.75) is 5.92 Å². The van der Waals surface area contributed by atoms with E-state index in [0.29, 0.717) is 5.56 Å². The molecule has 0 amide bonds. The molecule has 0 saturated heterocycles. The van der Waals surface area contributed by atoms with Crippen LogP contribution < -0.4 is 16.2 Å². The molecule has 20 heavy (non-hydrogen) atoms. The van der Waals surface area contributed by atoms with Gasteiger partial charge >= 0.3 is 5.69 Å². The Morgan fingerprint density at radius 3 is 2.95 bits per heavy atom. The lowest BCUT2D eigenvalue weighted by Gasteiger charge is -2.24. The Labute approximate surface area is 122 Å². The van der Waals surface area contributed by atoms with E-state index in [-0.39, 0.29) is 22.0 Å². The zero-order chi connectivity index (χ0) is 14.3. The van der Waals surface area contributed by atoms with E-state index in [1.807, 2.05) is 17.5 Å². The van der Waals surface area contributed by atoms with Gasteiger partial charge in [0, 0.05) is 4.88 Å². The van der Waals surface area contributed by atoms with Gasteiger partial charge in [-0.15, -0.1) is 11.3 Å². The predicted octanol–water partition coefficient (Wildman–Crippen LogP) is 1.71. The zero-order valence-electron chi connectivity index (χ0n) is 9.97. The summed E-state index contributed by atoms with van der Waals surface area (Å²) in [7, 11) is 0. The van der Waals surface area contributed by atoms with Crippen LogP contribution in [-0.2, 0) is 0 Å². The maximum atomic E-state index is 11.4. The number of nitriles is 1. The van der Waals surface area contributed by atoms with Crippen molar-refractivity contribution in [2.24, 2.45) is 5.73 Å². The fourth-order valence-electron chi connectivity index (χ4n) is 2.13. The van der Waals surface area contributed by atoms with Crippen LogP contribution in [0.15, 0.2) is 33.8 Å². The number of rotatable bonds is 1. The Morgan fingerprint density at radius 1 is 1.50 bits per heavy atom. The summed E-state index contributed by atoms with van der Waals surface area (Å²) in [5.74, 6) is -0.257. The van der Waals surface area contributed by atoms with Crippen molar-refractivity contribution in [3.63, 3.8) is 0 Å². The van der Waals surface area contributed by atoms with Crippen molar-refractivity contribution in [1.29, 1.82) is 5.26 Å². The van der Waals surface area contributed by atoms with Gasteiger partial charge in [-0.2, -0.15) is 5.26 Å². The van der Waals surface area contributed by atoms with E-state index in [9.17, 15) is 10.1 Å². The number of allylic oxidation sites excluding steroid dienone is 1. The van der Waals surface area contributed by atoms with Crippen LogP contribution in [0.25, 0.3) is 0 Å². The van der Waals surface area contributed by atoms with Crippen LogP contribution in [0.5, 0.6) is 5.88 Å². The smallest absolute Gasteiger partial charge is 0.326 e. The van der Waals surface area contributed by atoms with Gasteiger partial charge in [-0.05, 0) is 11.4 Å². The predicted molar refractivity (Wildman–Crippen MR) is 75.9 cm³/mol. The molecule has 1 unspecified atom stereocenters. The first kappa shape index (κ1) is 12.7. The third-order valence-electron chi connectivity index (χ3n) is 2.95. The highest BCUT2D eigenvalue weighted by Crippen LogP contribution is 2.42. The molecule has 0 saturated carbocycles. The van der Waals surface area contributed by atoms with E-state index in [0.717, 1.165) is 4.88 Å². The third-order valence-corrected chi connectivity index (χ3v) is 4.21. The molecule has 0 bridgehead atoms. The highest BCUT2D eigenvalue weighted by molar-refractivity contribution is 7.71. The van der Waals surface area contributed by atoms with Crippen molar-refractivity contribution in [3.8, 4) is 11.9 Å². The standard InChI is InChI=1S/C12H8N4O2S2/c13-4-5-7(6-2-1-3-20-6)8-10(18-9(5)14)15-12(17)16-11(8)19/h1-3,7H,14H2,(H2,15,16,17,19). The van der Waals surface area contributed by atoms with Crippen LogP contribution in [0, 0.1) is 16.0 Å². The van der Waals surface area contributed by atoms with Gasteiger partial charge in [-0.3, -0.25) is 9.97 Å². The van der Waals surface area contributed by atoms with Crippen LogP contribution in [0.3, 0.4) is 0 Å². The molecule has 100 valence electrons. The van der Waals surface area contributed by atoms with Crippen molar-refractivity contribution >= 4 is 23.6 Å². The minimum absolute atomic E-state index is 0.0188. The fourth-order valence-corrected chi connectivity index (χ4v) is 3.28. The zero-order valence-corrected chi connectivity index (χ0v) is 11.6. The number of nitrogens with zero attached hydrogens (tertiary/aromatic N) is 1. The number of nitrogens with two attached hydrogens (primary N) is 1. The van der Waals surface area contributed by atoms with Crippen LogP contribution >= 0.6 is 23.6 Å². The summed E-state index contributed by atoms with van der Waals surface area (Å²) in [6.07, 6.45) is 0. The minimum atomic E-state index is -0.480. The molecular weight excluding hydrogens is 296 g/mol. The summed E-state index contributed by atoms with van der Waals surface area (Å²) >= 11 is 6.67. The fraction of sp³-hybridized carbons (Fsp3) is 0.0833. The first-order chi connectivity index (χ1) is 9.61. The second-order valence-corrected chi connectivity index (χ2v) is 5.48. The molecule has 0 radical (unpaired) electrons. The number of aromatic amines is 2. The molecule has 3 rings (SSSR count). The molecule has 1 aliphatic heterocycles. The monoisotopic (exact) mass is 304 g/mol. The molecule has 0 fully saturated rings. The molecule has 2 aromatic rings. The van der Waals surface area contributed by atoms with Gasteiger partial charge in [0.25, 0.3) is 0 Å². The molecule has 1 atom stereocenters. The maximum Gasteiger partial charge on any atom is 0.326 e. The third kappa shape index (κ3) is 1.84. The molecule has 1 aliphatic rings. The van der Waals surface area contributed by atoms with Crippen LogP contribution in [-0.4, -0.2) is 9.97 Å². The Kier molecular flexibility index (Phi) is 2.93. The lowest BCUT2D eigenvalue weighted by atomic mass is 9.90. The van der Waals surface area contributed by atoms with Crippen molar-refractivity contribution < 1.29 is 4.74 Å². The highest BCUT2D eigenvalue weighted by atomic mass is 32.1. The van der Waals surface area contributed by atoms with Crippen LogP contribution in [0.4, 0.5) is 0 Å². The number of nitrogens with one attached hydrogen (secondary N) is 2. The lowest BCUT2D eigenvalue weighted by molar-refractivity contribution is 0.374. The van der Waals surface area contributed by atoms with Gasteiger partial charge in [-0.1, -0.05) is 18.3 Å². The molecule has 8 heteroatoms. The Morgan fingerprint density at radius 2 is 2.30 bits per heavy atom. The average Bonchev–Trinajstić information content (AvgIpc) is 2.90. The van der Waals surface area contributed by atoms with Gasteiger partial charge in [-0.25, -0.2) is 4.79 Å². The molecule has 0 spiro atoms. The minimum Gasteiger partial charge on any atom is -0.424 e. The SMILES string of the molecule is N#CC1=C(N)Oc2[nH]c(=O)[nH]c(=S)c2C1c1cccs1. The molecule has 0 aliphatic carbocycles. The van der Waals surface area contributed by atoms with Gasteiger partial charge in [0.15, 0.2) is 0 Å². The summed E-state index contributed by atoms with van der Waals surface area (Å²) in [5, 5.41) is 11.2. The van der Waals surface area contributed by atoms with Gasteiger partial charge < -0.3 is 10.5 Å². The molecule has 3 heterocycles. The first-order valence-corrected chi connectivity index (χ1v) is 6.88. The number of fused-ring (bicyclic) bond motifs is 1. The molecule has 6 nitrogen and oxygen atoms in total. The summed E-state index contributed by atoms with van der Waals surface area (Å²) in [6, 6.07) is 5.82. The molecule has 2 aromatic heterocycles. The van der Waals surface area contributed by atoms with Crippen LogP contribution in [0.2, 0.25) is 0 Å². The number of hydrogen-bond acceptors (Lipinski definition) is 6. The topological polar surface area (TPSA) is 108 Å². The van der Waals surface area contributed by atoms with Crippen molar-refractivity contribution in [3.05, 3.63) is 54.5 Å². The van der Waals surface area contributed by atoms with E-state index in [2.05, 4.69) is 16.0 Å². The molecule has 0 aromatic carbocycles. The number of H-pyrrole nitrogens is 2.